The van der Waals surface area contributed by atoms with E-state index < -0.39 is 17.5 Å². The molecule has 112 valence electrons. The highest BCUT2D eigenvalue weighted by molar-refractivity contribution is 5.65. The van der Waals surface area contributed by atoms with Crippen molar-refractivity contribution in [3.63, 3.8) is 0 Å². The van der Waals surface area contributed by atoms with Crippen molar-refractivity contribution in [3.05, 3.63) is 18.0 Å². The molecule has 1 aromatic heterocycles. The number of alkyl halides is 3. The summed E-state index contributed by atoms with van der Waals surface area (Å²) in [5.74, 6) is 0. The largest absolute Gasteiger partial charge is 0.433 e. The van der Waals surface area contributed by atoms with E-state index in [0.29, 0.717) is 26.1 Å². The first-order chi connectivity index (χ1) is 9.30. The number of nitrogen functional groups attached to an aromatic ring is 1. The van der Waals surface area contributed by atoms with E-state index in [-0.39, 0.29) is 17.9 Å². The summed E-state index contributed by atoms with van der Waals surface area (Å²) in [7, 11) is 0. The van der Waals surface area contributed by atoms with Crippen LogP contribution in [-0.2, 0) is 10.9 Å². The third-order valence-electron chi connectivity index (χ3n) is 3.26. The number of ether oxygens (including phenoxy) is 1. The number of nitrogens with one attached hydrogen (secondary N) is 1. The van der Waals surface area contributed by atoms with Gasteiger partial charge in [0.1, 0.15) is 5.69 Å². The van der Waals surface area contributed by atoms with E-state index in [1.165, 1.54) is 0 Å². The van der Waals surface area contributed by atoms with Crippen LogP contribution in [0.15, 0.2) is 12.3 Å². The molecule has 0 saturated carbocycles. The van der Waals surface area contributed by atoms with Crippen molar-refractivity contribution in [1.82, 2.24) is 4.98 Å². The lowest BCUT2D eigenvalue weighted by Gasteiger charge is -2.32. The Labute approximate surface area is 113 Å². The first-order valence-electron chi connectivity index (χ1n) is 6.17. The minimum Gasteiger partial charge on any atom is -0.396 e. The molecule has 4 N–H and O–H groups in total. The van der Waals surface area contributed by atoms with Gasteiger partial charge in [-0.3, -0.25) is 0 Å². The molecule has 0 bridgehead atoms. The highest BCUT2D eigenvalue weighted by Gasteiger charge is 2.34. The second kappa shape index (κ2) is 5.45. The van der Waals surface area contributed by atoms with Gasteiger partial charge in [0.15, 0.2) is 0 Å². The average Bonchev–Trinajstić information content (AvgIpc) is 2.37. The Bertz CT molecular complexity index is 474. The SMILES string of the molecule is Nc1cnc(C(F)(F)F)cc1NCC1(O)CCOCC1. The number of aromatic nitrogens is 1. The van der Waals surface area contributed by atoms with Gasteiger partial charge in [-0.25, -0.2) is 4.98 Å². The zero-order chi connectivity index (χ0) is 14.8. The molecule has 1 fully saturated rings. The number of halogens is 3. The van der Waals surface area contributed by atoms with E-state index in [1.54, 1.807) is 0 Å². The summed E-state index contributed by atoms with van der Waals surface area (Å²) in [5, 5.41) is 13.0. The van der Waals surface area contributed by atoms with E-state index in [9.17, 15) is 18.3 Å². The van der Waals surface area contributed by atoms with Crippen LogP contribution in [0.3, 0.4) is 0 Å². The lowest BCUT2D eigenvalue weighted by Crippen LogP contribution is -2.42. The van der Waals surface area contributed by atoms with Crippen LogP contribution in [-0.4, -0.2) is 35.5 Å². The molecule has 2 rings (SSSR count). The third-order valence-corrected chi connectivity index (χ3v) is 3.26. The zero-order valence-electron chi connectivity index (χ0n) is 10.7. The predicted octanol–water partition coefficient (Wildman–Crippen LogP) is 1.64. The van der Waals surface area contributed by atoms with Crippen LogP contribution in [0.5, 0.6) is 0 Å². The number of rotatable bonds is 3. The lowest BCUT2D eigenvalue weighted by atomic mass is 9.94. The average molecular weight is 291 g/mol. The maximum absolute atomic E-state index is 12.6. The van der Waals surface area contributed by atoms with Crippen LogP contribution in [0.25, 0.3) is 0 Å². The van der Waals surface area contributed by atoms with Crippen molar-refractivity contribution in [1.29, 1.82) is 0 Å². The minimum absolute atomic E-state index is 0.105. The fourth-order valence-corrected chi connectivity index (χ4v) is 1.96. The molecular formula is C12H16F3N3O2. The number of nitrogens with zero attached hydrogens (tertiary/aromatic N) is 1. The highest BCUT2D eigenvalue weighted by Crippen LogP contribution is 2.31. The van der Waals surface area contributed by atoms with Gasteiger partial charge in [-0.05, 0) is 6.07 Å². The number of hydrogen-bond donors (Lipinski definition) is 3. The molecule has 1 saturated heterocycles. The predicted molar refractivity (Wildman–Crippen MR) is 67.1 cm³/mol. The van der Waals surface area contributed by atoms with Gasteiger partial charge < -0.3 is 20.9 Å². The van der Waals surface area contributed by atoms with Crippen molar-refractivity contribution in [2.75, 3.05) is 30.8 Å². The lowest BCUT2D eigenvalue weighted by molar-refractivity contribution is -0.141. The Morgan fingerprint density at radius 3 is 2.65 bits per heavy atom. The number of hydrogen-bond acceptors (Lipinski definition) is 5. The smallest absolute Gasteiger partial charge is 0.396 e. The summed E-state index contributed by atoms with van der Waals surface area (Å²) in [6.07, 6.45) is -2.72. The van der Waals surface area contributed by atoms with Gasteiger partial charge in [0.05, 0.1) is 23.2 Å². The molecule has 0 atom stereocenters. The summed E-state index contributed by atoms with van der Waals surface area (Å²) in [5.41, 5.74) is 3.80. The highest BCUT2D eigenvalue weighted by atomic mass is 19.4. The summed E-state index contributed by atoms with van der Waals surface area (Å²) in [6, 6.07) is 0.845. The van der Waals surface area contributed by atoms with Crippen molar-refractivity contribution in [2.45, 2.75) is 24.6 Å². The monoisotopic (exact) mass is 291 g/mol. The first kappa shape index (κ1) is 14.9. The molecule has 2 heterocycles. The first-order valence-corrected chi connectivity index (χ1v) is 6.17. The van der Waals surface area contributed by atoms with Crippen molar-refractivity contribution in [3.8, 4) is 0 Å². The Kier molecular flexibility index (Phi) is 4.05. The van der Waals surface area contributed by atoms with Gasteiger partial charge in [0, 0.05) is 32.6 Å². The number of pyridine rings is 1. The van der Waals surface area contributed by atoms with E-state index in [1.807, 2.05) is 0 Å². The van der Waals surface area contributed by atoms with Gasteiger partial charge in [0.2, 0.25) is 0 Å². The van der Waals surface area contributed by atoms with E-state index in [2.05, 4.69) is 10.3 Å². The molecule has 0 unspecified atom stereocenters. The molecular weight excluding hydrogens is 275 g/mol. The van der Waals surface area contributed by atoms with Crippen molar-refractivity contribution in [2.24, 2.45) is 0 Å². The number of anilines is 2. The quantitative estimate of drug-likeness (QED) is 0.789. The Morgan fingerprint density at radius 1 is 1.40 bits per heavy atom. The summed E-state index contributed by atoms with van der Waals surface area (Å²) in [4.78, 5) is 3.25. The molecule has 8 heteroatoms. The van der Waals surface area contributed by atoms with E-state index in [0.717, 1.165) is 12.3 Å². The molecule has 1 aliphatic heterocycles. The zero-order valence-corrected chi connectivity index (χ0v) is 10.7. The van der Waals surface area contributed by atoms with Gasteiger partial charge in [-0.15, -0.1) is 0 Å². The third kappa shape index (κ3) is 3.51. The fraction of sp³-hybridized carbons (Fsp3) is 0.583. The van der Waals surface area contributed by atoms with Gasteiger partial charge in [-0.1, -0.05) is 0 Å². The second-order valence-electron chi connectivity index (χ2n) is 4.84. The molecule has 5 nitrogen and oxygen atoms in total. The van der Waals surface area contributed by atoms with E-state index >= 15 is 0 Å². The Hall–Kier alpha value is -1.54. The van der Waals surface area contributed by atoms with Crippen LogP contribution in [0.2, 0.25) is 0 Å². The molecule has 0 amide bonds. The fourth-order valence-electron chi connectivity index (χ4n) is 1.96. The van der Waals surface area contributed by atoms with Crippen molar-refractivity contribution >= 4 is 11.4 Å². The molecule has 0 aromatic carbocycles. The minimum atomic E-state index is -4.53. The molecule has 1 aromatic rings. The maximum atomic E-state index is 12.6. The molecule has 0 radical (unpaired) electrons. The summed E-state index contributed by atoms with van der Waals surface area (Å²) in [6.45, 7) is 0.970. The Morgan fingerprint density at radius 2 is 2.05 bits per heavy atom. The standard InChI is InChI=1S/C12H16F3N3O2/c13-12(14,15)10-5-9(8(16)6-17-10)18-7-11(19)1-3-20-4-2-11/h5-6,19H,1-4,7,16H2,(H,17,18). The topological polar surface area (TPSA) is 80.4 Å². The van der Waals surface area contributed by atoms with E-state index in [4.69, 9.17) is 10.5 Å². The number of aliphatic hydroxyl groups is 1. The molecule has 0 spiro atoms. The van der Waals surface area contributed by atoms with Gasteiger partial charge in [0.25, 0.3) is 0 Å². The van der Waals surface area contributed by atoms with Crippen LogP contribution in [0.4, 0.5) is 24.5 Å². The molecule has 0 aliphatic carbocycles. The van der Waals surface area contributed by atoms with Crippen LogP contribution in [0, 0.1) is 0 Å². The van der Waals surface area contributed by atoms with Crippen LogP contribution >= 0.6 is 0 Å². The summed E-state index contributed by atoms with van der Waals surface area (Å²) >= 11 is 0. The Balaban J connectivity index is 2.09. The van der Waals surface area contributed by atoms with Crippen molar-refractivity contribution < 1.29 is 23.0 Å². The van der Waals surface area contributed by atoms with Crippen LogP contribution in [0.1, 0.15) is 18.5 Å². The number of nitrogens with two attached hydrogens (primary N) is 1. The summed E-state index contributed by atoms with van der Waals surface area (Å²) < 4.78 is 42.9. The molecule has 1 aliphatic rings. The van der Waals surface area contributed by atoms with Gasteiger partial charge in [-0.2, -0.15) is 13.2 Å². The maximum Gasteiger partial charge on any atom is 0.433 e. The second-order valence-corrected chi connectivity index (χ2v) is 4.84. The molecule has 20 heavy (non-hydrogen) atoms. The van der Waals surface area contributed by atoms with Gasteiger partial charge >= 0.3 is 6.18 Å². The van der Waals surface area contributed by atoms with Crippen LogP contribution < -0.4 is 11.1 Å². The normalized spacial score (nSPS) is 18.8.